The molecule has 2 heterocycles. The molecule has 0 aliphatic rings. The molecule has 2 aromatic rings. The maximum Gasteiger partial charge on any atom is 0.149 e. The predicted octanol–water partition coefficient (Wildman–Crippen LogP) is 2.84. The Morgan fingerprint density at radius 3 is 2.74 bits per heavy atom. The highest BCUT2D eigenvalue weighted by molar-refractivity contribution is 7.14. The van der Waals surface area contributed by atoms with Crippen LogP contribution in [0.5, 0.6) is 0 Å². The number of rotatable bonds is 4. The van der Waals surface area contributed by atoms with E-state index in [0.29, 0.717) is 0 Å². The fourth-order valence-corrected chi connectivity index (χ4v) is 2.63. The molecule has 0 bridgehead atoms. The van der Waals surface area contributed by atoms with E-state index in [9.17, 15) is 0 Å². The molecular formula is C14H20N4S. The number of pyridine rings is 1. The van der Waals surface area contributed by atoms with Crippen molar-refractivity contribution in [3.63, 3.8) is 0 Å². The lowest BCUT2D eigenvalue weighted by Crippen LogP contribution is -2.37. The van der Waals surface area contributed by atoms with Crippen molar-refractivity contribution in [2.45, 2.75) is 39.7 Å². The molecule has 0 amide bonds. The van der Waals surface area contributed by atoms with Gasteiger partial charge in [-0.1, -0.05) is 11.3 Å². The quantitative estimate of drug-likeness (QED) is 0.933. The fraction of sp³-hybridized carbons (Fsp3) is 0.500. The van der Waals surface area contributed by atoms with E-state index < -0.39 is 0 Å². The zero-order chi connectivity index (χ0) is 13.9. The SMILES string of the molecule is Cc1ncccc1-c1nnc(CCNC(C)(C)C)s1. The summed E-state index contributed by atoms with van der Waals surface area (Å²) in [5.41, 5.74) is 2.22. The molecule has 5 heteroatoms. The zero-order valence-electron chi connectivity index (χ0n) is 11.9. The van der Waals surface area contributed by atoms with Gasteiger partial charge in [-0.25, -0.2) is 0 Å². The van der Waals surface area contributed by atoms with Crippen LogP contribution in [0.25, 0.3) is 10.6 Å². The Bertz CT molecular complexity index is 542. The molecule has 0 saturated heterocycles. The average molecular weight is 276 g/mol. The van der Waals surface area contributed by atoms with E-state index in [2.05, 4.69) is 41.3 Å². The Morgan fingerprint density at radius 1 is 1.26 bits per heavy atom. The van der Waals surface area contributed by atoms with Gasteiger partial charge in [0.1, 0.15) is 10.0 Å². The Hall–Kier alpha value is -1.33. The van der Waals surface area contributed by atoms with Crippen LogP contribution in [0.15, 0.2) is 18.3 Å². The molecule has 0 atom stereocenters. The second kappa shape index (κ2) is 5.75. The van der Waals surface area contributed by atoms with Gasteiger partial charge in [0.05, 0.1) is 0 Å². The molecule has 0 aliphatic carbocycles. The Balaban J connectivity index is 2.02. The van der Waals surface area contributed by atoms with Gasteiger partial charge >= 0.3 is 0 Å². The van der Waals surface area contributed by atoms with E-state index in [-0.39, 0.29) is 5.54 Å². The Morgan fingerprint density at radius 2 is 2.05 bits per heavy atom. The van der Waals surface area contributed by atoms with Crippen molar-refractivity contribution in [1.82, 2.24) is 20.5 Å². The second-order valence-electron chi connectivity index (χ2n) is 5.56. The third-order valence-corrected chi connectivity index (χ3v) is 3.71. The van der Waals surface area contributed by atoms with Crippen molar-refractivity contribution in [3.8, 4) is 10.6 Å². The van der Waals surface area contributed by atoms with E-state index in [1.165, 1.54) is 0 Å². The van der Waals surface area contributed by atoms with Crippen LogP contribution in [-0.4, -0.2) is 27.3 Å². The molecule has 0 fully saturated rings. The Labute approximate surface area is 118 Å². The van der Waals surface area contributed by atoms with Crippen LogP contribution >= 0.6 is 11.3 Å². The lowest BCUT2D eigenvalue weighted by molar-refractivity contribution is 0.429. The summed E-state index contributed by atoms with van der Waals surface area (Å²) >= 11 is 1.65. The number of nitrogens with zero attached hydrogens (tertiary/aromatic N) is 3. The summed E-state index contributed by atoms with van der Waals surface area (Å²) in [6.07, 6.45) is 2.71. The maximum atomic E-state index is 4.29. The zero-order valence-corrected chi connectivity index (χ0v) is 12.7. The minimum absolute atomic E-state index is 0.146. The predicted molar refractivity (Wildman–Crippen MR) is 79.3 cm³/mol. The van der Waals surface area contributed by atoms with Gasteiger partial charge in [-0.2, -0.15) is 0 Å². The first-order valence-corrected chi connectivity index (χ1v) is 7.27. The van der Waals surface area contributed by atoms with Gasteiger partial charge < -0.3 is 5.32 Å². The van der Waals surface area contributed by atoms with Crippen LogP contribution < -0.4 is 5.32 Å². The first-order valence-electron chi connectivity index (χ1n) is 6.45. The highest BCUT2D eigenvalue weighted by Gasteiger charge is 2.11. The first-order chi connectivity index (χ1) is 8.96. The summed E-state index contributed by atoms with van der Waals surface area (Å²) in [5, 5.41) is 14.0. The molecule has 0 saturated carbocycles. The third kappa shape index (κ3) is 4.08. The molecule has 4 nitrogen and oxygen atoms in total. The second-order valence-corrected chi connectivity index (χ2v) is 6.63. The molecular weight excluding hydrogens is 256 g/mol. The molecule has 19 heavy (non-hydrogen) atoms. The van der Waals surface area contributed by atoms with E-state index in [1.54, 1.807) is 17.5 Å². The molecule has 0 unspecified atom stereocenters. The summed E-state index contributed by atoms with van der Waals surface area (Å²) in [6.45, 7) is 9.41. The number of hydrogen-bond donors (Lipinski definition) is 1. The third-order valence-electron chi connectivity index (χ3n) is 2.70. The van der Waals surface area contributed by atoms with Crippen LogP contribution in [-0.2, 0) is 6.42 Å². The van der Waals surface area contributed by atoms with E-state index in [4.69, 9.17) is 0 Å². The van der Waals surface area contributed by atoms with Gasteiger partial charge in [0.15, 0.2) is 0 Å². The molecule has 0 aliphatic heterocycles. The van der Waals surface area contributed by atoms with Crippen LogP contribution in [0, 0.1) is 6.92 Å². The van der Waals surface area contributed by atoms with Crippen LogP contribution in [0.2, 0.25) is 0 Å². The lowest BCUT2D eigenvalue weighted by Gasteiger charge is -2.19. The highest BCUT2D eigenvalue weighted by Crippen LogP contribution is 2.25. The molecule has 102 valence electrons. The number of aryl methyl sites for hydroxylation is 1. The van der Waals surface area contributed by atoms with Crippen molar-refractivity contribution in [1.29, 1.82) is 0 Å². The van der Waals surface area contributed by atoms with Gasteiger partial charge in [0.25, 0.3) is 0 Å². The van der Waals surface area contributed by atoms with Crippen LogP contribution in [0.4, 0.5) is 0 Å². The van der Waals surface area contributed by atoms with Crippen molar-refractivity contribution in [2.75, 3.05) is 6.54 Å². The molecule has 0 radical (unpaired) electrons. The molecule has 2 rings (SSSR count). The smallest absolute Gasteiger partial charge is 0.149 e. The maximum absolute atomic E-state index is 4.29. The van der Waals surface area contributed by atoms with Gasteiger partial charge in [0.2, 0.25) is 0 Å². The van der Waals surface area contributed by atoms with Crippen molar-refractivity contribution < 1.29 is 0 Å². The lowest BCUT2D eigenvalue weighted by atomic mass is 10.1. The van der Waals surface area contributed by atoms with E-state index in [1.807, 2.05) is 19.1 Å². The molecule has 1 N–H and O–H groups in total. The van der Waals surface area contributed by atoms with E-state index in [0.717, 1.165) is 34.2 Å². The van der Waals surface area contributed by atoms with Crippen LogP contribution in [0.1, 0.15) is 31.5 Å². The summed E-state index contributed by atoms with van der Waals surface area (Å²) in [7, 11) is 0. The molecule has 2 aromatic heterocycles. The number of nitrogens with one attached hydrogen (secondary N) is 1. The van der Waals surface area contributed by atoms with Gasteiger partial charge in [0, 0.05) is 36.0 Å². The van der Waals surface area contributed by atoms with Crippen LogP contribution in [0.3, 0.4) is 0 Å². The monoisotopic (exact) mass is 276 g/mol. The van der Waals surface area contributed by atoms with Gasteiger partial charge in [-0.3, -0.25) is 4.98 Å². The summed E-state index contributed by atoms with van der Waals surface area (Å²) in [6, 6.07) is 3.98. The normalized spacial score (nSPS) is 11.8. The fourth-order valence-electron chi connectivity index (χ4n) is 1.72. The Kier molecular flexibility index (Phi) is 4.27. The van der Waals surface area contributed by atoms with Crippen molar-refractivity contribution >= 4 is 11.3 Å². The van der Waals surface area contributed by atoms with Crippen molar-refractivity contribution in [2.24, 2.45) is 0 Å². The largest absolute Gasteiger partial charge is 0.312 e. The van der Waals surface area contributed by atoms with E-state index >= 15 is 0 Å². The van der Waals surface area contributed by atoms with Gasteiger partial charge in [-0.05, 0) is 39.8 Å². The molecule has 0 aromatic carbocycles. The first kappa shape index (κ1) is 14.1. The summed E-state index contributed by atoms with van der Waals surface area (Å²) in [5.74, 6) is 0. The topological polar surface area (TPSA) is 50.7 Å². The minimum atomic E-state index is 0.146. The molecule has 0 spiro atoms. The summed E-state index contributed by atoms with van der Waals surface area (Å²) < 4.78 is 0. The van der Waals surface area contributed by atoms with Gasteiger partial charge in [-0.15, -0.1) is 10.2 Å². The highest BCUT2D eigenvalue weighted by atomic mass is 32.1. The number of hydrogen-bond acceptors (Lipinski definition) is 5. The standard InChI is InChI=1S/C14H20N4S/c1-10-11(6-5-8-15-10)13-18-17-12(19-13)7-9-16-14(2,3)4/h5-6,8,16H,7,9H2,1-4H3. The minimum Gasteiger partial charge on any atom is -0.312 e. The van der Waals surface area contributed by atoms with Crippen molar-refractivity contribution in [3.05, 3.63) is 29.0 Å². The summed E-state index contributed by atoms with van der Waals surface area (Å²) in [4.78, 5) is 4.29. The average Bonchev–Trinajstić information content (AvgIpc) is 2.76. The number of aromatic nitrogens is 3.